The van der Waals surface area contributed by atoms with E-state index in [2.05, 4.69) is 10.3 Å². The number of nitrogens with zero attached hydrogens (tertiary/aromatic N) is 2. The second kappa shape index (κ2) is 7.53. The molecule has 2 heterocycles. The van der Waals surface area contributed by atoms with Crippen LogP contribution in [0.25, 0.3) is 0 Å². The van der Waals surface area contributed by atoms with Crippen molar-refractivity contribution in [3.05, 3.63) is 53.3 Å². The lowest BCUT2D eigenvalue weighted by Gasteiger charge is -2.17. The Morgan fingerprint density at radius 2 is 2.28 bits per heavy atom. The highest BCUT2D eigenvalue weighted by molar-refractivity contribution is 6.32. The fourth-order valence-electron chi connectivity index (χ4n) is 2.79. The highest BCUT2D eigenvalue weighted by Crippen LogP contribution is 2.32. The van der Waals surface area contributed by atoms with Gasteiger partial charge in [0.1, 0.15) is 5.75 Å². The topological polar surface area (TPSA) is 71.5 Å². The van der Waals surface area contributed by atoms with Crippen molar-refractivity contribution in [3.63, 3.8) is 0 Å². The van der Waals surface area contributed by atoms with E-state index < -0.39 is 0 Å². The number of hydrogen-bond donors (Lipinski definition) is 1. The van der Waals surface area contributed by atoms with Crippen molar-refractivity contribution < 1.29 is 14.3 Å². The summed E-state index contributed by atoms with van der Waals surface area (Å²) in [5.74, 6) is -0.0741. The molecule has 1 aromatic heterocycles. The average Bonchev–Trinajstić information content (AvgIpc) is 3.02. The number of aromatic nitrogens is 1. The number of nitrogens with one attached hydrogen (secondary N) is 1. The van der Waals surface area contributed by atoms with E-state index in [1.54, 1.807) is 35.5 Å². The maximum Gasteiger partial charge on any atom is 0.227 e. The Morgan fingerprint density at radius 1 is 1.44 bits per heavy atom. The molecule has 1 aliphatic heterocycles. The Labute approximate surface area is 150 Å². The third-order valence-electron chi connectivity index (χ3n) is 4.13. The van der Waals surface area contributed by atoms with Crippen LogP contribution >= 0.6 is 11.6 Å². The van der Waals surface area contributed by atoms with Crippen LogP contribution in [0.3, 0.4) is 0 Å². The normalized spacial score (nSPS) is 16.8. The average molecular weight is 360 g/mol. The van der Waals surface area contributed by atoms with Crippen LogP contribution in [0, 0.1) is 5.92 Å². The highest BCUT2D eigenvalue weighted by atomic mass is 35.5. The molecule has 1 saturated heterocycles. The molecule has 1 aromatic carbocycles. The molecule has 1 atom stereocenters. The molecule has 0 saturated carbocycles. The van der Waals surface area contributed by atoms with Crippen LogP contribution in [0.4, 0.5) is 5.69 Å². The fourth-order valence-corrected chi connectivity index (χ4v) is 3.04. The number of carbonyl (C=O) groups excluding carboxylic acids is 2. The van der Waals surface area contributed by atoms with E-state index in [4.69, 9.17) is 16.3 Å². The van der Waals surface area contributed by atoms with Gasteiger partial charge < -0.3 is 15.0 Å². The van der Waals surface area contributed by atoms with Crippen LogP contribution in [0.5, 0.6) is 5.75 Å². The quantitative estimate of drug-likeness (QED) is 0.889. The molecule has 2 aromatic rings. The zero-order valence-electron chi connectivity index (χ0n) is 13.7. The second-order valence-corrected chi connectivity index (χ2v) is 6.21. The van der Waals surface area contributed by atoms with Gasteiger partial charge in [-0.05, 0) is 29.8 Å². The zero-order chi connectivity index (χ0) is 17.8. The first-order valence-electron chi connectivity index (χ1n) is 7.89. The van der Waals surface area contributed by atoms with Gasteiger partial charge in [-0.2, -0.15) is 0 Å². The van der Waals surface area contributed by atoms with Crippen LogP contribution in [0.15, 0.2) is 42.7 Å². The van der Waals surface area contributed by atoms with E-state index in [0.717, 1.165) is 5.56 Å². The fraction of sp³-hybridized carbons (Fsp3) is 0.278. The summed E-state index contributed by atoms with van der Waals surface area (Å²) >= 11 is 6.12. The van der Waals surface area contributed by atoms with E-state index >= 15 is 0 Å². The van der Waals surface area contributed by atoms with Crippen LogP contribution in [0.2, 0.25) is 5.02 Å². The lowest BCUT2D eigenvalue weighted by Crippen LogP contribution is -2.32. The van der Waals surface area contributed by atoms with Gasteiger partial charge in [-0.1, -0.05) is 17.7 Å². The molecule has 2 amide bonds. The standard InChI is InChI=1S/C18H18ClN3O3/c1-25-16-5-4-14(8-15(16)19)22-11-13(7-17(22)23)18(24)21-10-12-3-2-6-20-9-12/h2-6,8-9,13H,7,10-11H2,1H3,(H,21,24). The van der Waals surface area contributed by atoms with E-state index in [0.29, 0.717) is 29.5 Å². The van der Waals surface area contributed by atoms with Crippen molar-refractivity contribution in [2.75, 3.05) is 18.6 Å². The molecule has 25 heavy (non-hydrogen) atoms. The molecule has 7 heteroatoms. The largest absolute Gasteiger partial charge is 0.495 e. The summed E-state index contributed by atoms with van der Waals surface area (Å²) in [7, 11) is 1.53. The van der Waals surface area contributed by atoms with Crippen molar-refractivity contribution in [3.8, 4) is 5.75 Å². The lowest BCUT2D eigenvalue weighted by atomic mass is 10.1. The molecule has 0 spiro atoms. The number of carbonyl (C=O) groups is 2. The number of methoxy groups -OCH3 is 1. The molecule has 3 rings (SSSR count). The maximum atomic E-state index is 12.4. The smallest absolute Gasteiger partial charge is 0.227 e. The Balaban J connectivity index is 1.63. The molecule has 0 radical (unpaired) electrons. The summed E-state index contributed by atoms with van der Waals surface area (Å²) in [6.45, 7) is 0.728. The number of benzene rings is 1. The van der Waals surface area contributed by atoms with Crippen molar-refractivity contribution in [1.82, 2.24) is 10.3 Å². The number of anilines is 1. The third kappa shape index (κ3) is 3.91. The zero-order valence-corrected chi connectivity index (χ0v) is 14.5. The summed E-state index contributed by atoms with van der Waals surface area (Å²) in [5.41, 5.74) is 1.58. The number of ether oxygens (including phenoxy) is 1. The van der Waals surface area contributed by atoms with Gasteiger partial charge in [0.15, 0.2) is 0 Å². The predicted octanol–water partition coefficient (Wildman–Crippen LogP) is 2.41. The van der Waals surface area contributed by atoms with Gasteiger partial charge in [-0.25, -0.2) is 0 Å². The van der Waals surface area contributed by atoms with E-state index in [1.165, 1.54) is 7.11 Å². The van der Waals surface area contributed by atoms with Gasteiger partial charge in [0, 0.05) is 37.6 Å². The third-order valence-corrected chi connectivity index (χ3v) is 4.43. The van der Waals surface area contributed by atoms with Gasteiger partial charge in [0.25, 0.3) is 0 Å². The summed E-state index contributed by atoms with van der Waals surface area (Å²) < 4.78 is 5.12. The second-order valence-electron chi connectivity index (χ2n) is 5.80. The molecule has 6 nitrogen and oxygen atoms in total. The maximum absolute atomic E-state index is 12.4. The van der Waals surface area contributed by atoms with Crippen molar-refractivity contribution in [2.24, 2.45) is 5.92 Å². The minimum atomic E-state index is -0.384. The van der Waals surface area contributed by atoms with E-state index in [1.807, 2.05) is 12.1 Å². The lowest BCUT2D eigenvalue weighted by molar-refractivity contribution is -0.126. The first-order chi connectivity index (χ1) is 12.1. The summed E-state index contributed by atoms with van der Waals surface area (Å²) in [5, 5.41) is 3.29. The summed E-state index contributed by atoms with van der Waals surface area (Å²) in [4.78, 5) is 30.2. The number of pyridine rings is 1. The van der Waals surface area contributed by atoms with Crippen LogP contribution in [0.1, 0.15) is 12.0 Å². The molecule has 0 bridgehead atoms. The summed E-state index contributed by atoms with van der Waals surface area (Å²) in [6.07, 6.45) is 3.56. The van der Waals surface area contributed by atoms with E-state index in [-0.39, 0.29) is 24.2 Å². The van der Waals surface area contributed by atoms with Crippen LogP contribution in [-0.4, -0.2) is 30.5 Å². The molecule has 1 unspecified atom stereocenters. The molecule has 1 fully saturated rings. The van der Waals surface area contributed by atoms with Crippen molar-refractivity contribution in [2.45, 2.75) is 13.0 Å². The Morgan fingerprint density at radius 3 is 2.96 bits per heavy atom. The van der Waals surface area contributed by atoms with Gasteiger partial charge in [-0.15, -0.1) is 0 Å². The number of amides is 2. The Bertz CT molecular complexity index is 782. The Hall–Kier alpha value is -2.60. The molecule has 0 aliphatic carbocycles. The number of halogens is 1. The van der Waals surface area contributed by atoms with E-state index in [9.17, 15) is 9.59 Å². The molecular formula is C18H18ClN3O3. The SMILES string of the molecule is COc1ccc(N2CC(C(=O)NCc3cccnc3)CC2=O)cc1Cl. The molecular weight excluding hydrogens is 342 g/mol. The van der Waals surface area contributed by atoms with Crippen molar-refractivity contribution in [1.29, 1.82) is 0 Å². The predicted molar refractivity (Wildman–Crippen MR) is 94.5 cm³/mol. The monoisotopic (exact) mass is 359 g/mol. The highest BCUT2D eigenvalue weighted by Gasteiger charge is 2.35. The Kier molecular flexibility index (Phi) is 5.19. The first-order valence-corrected chi connectivity index (χ1v) is 8.27. The molecule has 130 valence electrons. The first kappa shape index (κ1) is 17.2. The van der Waals surface area contributed by atoms with Crippen LogP contribution < -0.4 is 15.0 Å². The van der Waals surface area contributed by atoms with Crippen molar-refractivity contribution >= 4 is 29.1 Å². The van der Waals surface area contributed by atoms with Gasteiger partial charge in [0.2, 0.25) is 11.8 Å². The number of hydrogen-bond acceptors (Lipinski definition) is 4. The van der Waals surface area contributed by atoms with Gasteiger partial charge in [-0.3, -0.25) is 14.6 Å². The molecule has 1 N–H and O–H groups in total. The summed E-state index contributed by atoms with van der Waals surface area (Å²) in [6, 6.07) is 8.85. The molecule has 1 aliphatic rings. The van der Waals surface area contributed by atoms with Gasteiger partial charge in [0.05, 0.1) is 18.1 Å². The number of rotatable bonds is 5. The minimum Gasteiger partial charge on any atom is -0.495 e. The van der Waals surface area contributed by atoms with Crippen LogP contribution in [-0.2, 0) is 16.1 Å². The van der Waals surface area contributed by atoms with Gasteiger partial charge >= 0.3 is 0 Å². The minimum absolute atomic E-state index is 0.0947.